The summed E-state index contributed by atoms with van der Waals surface area (Å²) < 4.78 is 0. The molecule has 0 aliphatic heterocycles. The fourth-order valence-electron chi connectivity index (χ4n) is 2.77. The molecule has 1 aliphatic rings. The number of carbonyl (C=O) groups is 2. The molecule has 1 aliphatic carbocycles. The van der Waals surface area contributed by atoms with Crippen LogP contribution >= 0.6 is 12.2 Å². The van der Waals surface area contributed by atoms with Gasteiger partial charge < -0.3 is 16.4 Å². The van der Waals surface area contributed by atoms with E-state index in [4.69, 9.17) is 18.0 Å². The monoisotopic (exact) mass is 313 g/mol. The van der Waals surface area contributed by atoms with Gasteiger partial charge in [0.2, 0.25) is 11.8 Å². The van der Waals surface area contributed by atoms with Crippen LogP contribution in [0.3, 0.4) is 0 Å². The summed E-state index contributed by atoms with van der Waals surface area (Å²) in [6, 6.07) is 0.109. The minimum absolute atomic E-state index is 0.0597. The number of hydrogen-bond acceptors (Lipinski definition) is 3. The van der Waals surface area contributed by atoms with Gasteiger partial charge in [0.05, 0.1) is 10.4 Å². The van der Waals surface area contributed by atoms with Gasteiger partial charge in [-0.3, -0.25) is 9.59 Å². The first-order chi connectivity index (χ1) is 9.88. The van der Waals surface area contributed by atoms with E-state index in [2.05, 4.69) is 10.6 Å². The molecule has 21 heavy (non-hydrogen) atoms. The lowest BCUT2D eigenvalue weighted by molar-refractivity contribution is -0.128. The van der Waals surface area contributed by atoms with Crippen molar-refractivity contribution in [3.63, 3.8) is 0 Å². The number of nitrogens with two attached hydrogens (primary N) is 1. The van der Waals surface area contributed by atoms with E-state index >= 15 is 0 Å². The van der Waals surface area contributed by atoms with Crippen molar-refractivity contribution in [2.75, 3.05) is 6.54 Å². The van der Waals surface area contributed by atoms with Crippen LogP contribution in [0.15, 0.2) is 0 Å². The molecule has 0 heterocycles. The van der Waals surface area contributed by atoms with E-state index in [0.29, 0.717) is 19.4 Å². The van der Waals surface area contributed by atoms with Gasteiger partial charge in [-0.15, -0.1) is 0 Å². The van der Waals surface area contributed by atoms with E-state index in [0.717, 1.165) is 25.7 Å². The Labute approximate surface area is 132 Å². The molecule has 0 bridgehead atoms. The van der Waals surface area contributed by atoms with Gasteiger partial charge in [-0.2, -0.15) is 0 Å². The molecule has 1 rings (SSSR count). The number of carbonyl (C=O) groups excluding carboxylic acids is 2. The van der Waals surface area contributed by atoms with Crippen molar-refractivity contribution in [1.82, 2.24) is 10.6 Å². The highest BCUT2D eigenvalue weighted by atomic mass is 32.1. The van der Waals surface area contributed by atoms with Crippen LogP contribution < -0.4 is 16.4 Å². The summed E-state index contributed by atoms with van der Waals surface area (Å²) in [5.41, 5.74) is 5.14. The molecule has 0 atom stereocenters. The Hall–Kier alpha value is -1.17. The first-order valence-electron chi connectivity index (χ1n) is 7.76. The molecule has 0 aromatic heterocycles. The predicted octanol–water partition coefficient (Wildman–Crippen LogP) is 1.64. The van der Waals surface area contributed by atoms with E-state index < -0.39 is 5.41 Å². The largest absolute Gasteiger partial charge is 0.392 e. The molecule has 4 N–H and O–H groups in total. The summed E-state index contributed by atoms with van der Waals surface area (Å²) in [6.07, 6.45) is 5.89. The van der Waals surface area contributed by atoms with Crippen LogP contribution in [0.25, 0.3) is 0 Å². The van der Waals surface area contributed by atoms with Gasteiger partial charge >= 0.3 is 0 Å². The lowest BCUT2D eigenvalue weighted by Gasteiger charge is -2.30. The summed E-state index contributed by atoms with van der Waals surface area (Å²) in [4.78, 5) is 24.4. The minimum atomic E-state index is -0.722. The highest BCUT2D eigenvalue weighted by Gasteiger charge is 2.41. The average molecular weight is 313 g/mol. The number of hydrogen-bond donors (Lipinski definition) is 3. The molecule has 0 radical (unpaired) electrons. The van der Waals surface area contributed by atoms with Crippen molar-refractivity contribution < 1.29 is 9.59 Å². The fourth-order valence-corrected chi connectivity index (χ4v) is 3.07. The quantitative estimate of drug-likeness (QED) is 0.514. The second-order valence-corrected chi connectivity index (χ2v) is 6.53. The standard InChI is InChI=1S/C15H27N3O2S/c1-11(2)18-12(19)7-10-17-14(20)15(13(16)21)8-5-3-4-6-9-15/h11H,3-10H2,1-2H3,(H2,16,21)(H,17,20)(H,18,19). The lowest BCUT2D eigenvalue weighted by Crippen LogP contribution is -2.49. The lowest BCUT2D eigenvalue weighted by atomic mass is 9.79. The predicted molar refractivity (Wildman–Crippen MR) is 87.8 cm³/mol. The van der Waals surface area contributed by atoms with E-state index in [-0.39, 0.29) is 29.3 Å². The molecule has 120 valence electrons. The van der Waals surface area contributed by atoms with E-state index in [1.165, 1.54) is 0 Å². The molecule has 2 amide bonds. The zero-order chi connectivity index (χ0) is 15.9. The molecule has 6 heteroatoms. The molecule has 0 aromatic carbocycles. The van der Waals surface area contributed by atoms with Gasteiger partial charge in [0.15, 0.2) is 0 Å². The van der Waals surface area contributed by atoms with Gasteiger partial charge in [0, 0.05) is 19.0 Å². The van der Waals surface area contributed by atoms with Crippen molar-refractivity contribution in [2.45, 2.75) is 64.8 Å². The van der Waals surface area contributed by atoms with Crippen LogP contribution in [0.2, 0.25) is 0 Å². The highest BCUT2D eigenvalue weighted by Crippen LogP contribution is 2.35. The van der Waals surface area contributed by atoms with Crippen molar-refractivity contribution in [2.24, 2.45) is 11.1 Å². The van der Waals surface area contributed by atoms with Crippen LogP contribution in [0.5, 0.6) is 0 Å². The molecule has 1 saturated carbocycles. The van der Waals surface area contributed by atoms with Crippen LogP contribution in [0, 0.1) is 5.41 Å². The number of amides is 2. The zero-order valence-corrected chi connectivity index (χ0v) is 13.9. The molecule has 0 aromatic rings. The maximum atomic E-state index is 12.5. The normalized spacial score (nSPS) is 17.9. The van der Waals surface area contributed by atoms with Gasteiger partial charge in [-0.05, 0) is 26.7 Å². The van der Waals surface area contributed by atoms with E-state index in [1.807, 2.05) is 13.8 Å². The maximum absolute atomic E-state index is 12.5. The summed E-state index contributed by atoms with van der Waals surface area (Å²) in [5.74, 6) is -0.176. The van der Waals surface area contributed by atoms with Gasteiger partial charge in [-0.25, -0.2) is 0 Å². The number of nitrogens with one attached hydrogen (secondary N) is 2. The second-order valence-electron chi connectivity index (χ2n) is 6.09. The molecule has 1 fully saturated rings. The van der Waals surface area contributed by atoms with Crippen LogP contribution in [0.4, 0.5) is 0 Å². The van der Waals surface area contributed by atoms with Crippen molar-refractivity contribution in [3.8, 4) is 0 Å². The Morgan fingerprint density at radius 3 is 2.24 bits per heavy atom. The smallest absolute Gasteiger partial charge is 0.233 e. The first kappa shape index (κ1) is 17.9. The summed E-state index contributed by atoms with van der Waals surface area (Å²) in [6.45, 7) is 4.13. The minimum Gasteiger partial charge on any atom is -0.392 e. The summed E-state index contributed by atoms with van der Waals surface area (Å²) in [7, 11) is 0. The number of rotatable bonds is 6. The third kappa shape index (κ3) is 5.26. The molecule has 0 saturated heterocycles. The second kappa shape index (κ2) is 8.32. The van der Waals surface area contributed by atoms with Crippen LogP contribution in [0.1, 0.15) is 58.8 Å². The van der Waals surface area contributed by atoms with Crippen molar-refractivity contribution >= 4 is 29.0 Å². The van der Waals surface area contributed by atoms with Gasteiger partial charge in [0.25, 0.3) is 0 Å². The van der Waals surface area contributed by atoms with Crippen LogP contribution in [-0.2, 0) is 9.59 Å². The molecule has 0 unspecified atom stereocenters. The molecular formula is C15H27N3O2S. The fraction of sp³-hybridized carbons (Fsp3) is 0.800. The van der Waals surface area contributed by atoms with Gasteiger partial charge in [0.1, 0.15) is 0 Å². The van der Waals surface area contributed by atoms with Crippen molar-refractivity contribution in [1.29, 1.82) is 0 Å². The average Bonchev–Trinajstić information content (AvgIpc) is 2.64. The number of thiocarbonyl (C=S) groups is 1. The zero-order valence-electron chi connectivity index (χ0n) is 13.0. The third-order valence-electron chi connectivity index (χ3n) is 3.95. The summed E-state index contributed by atoms with van der Waals surface area (Å²) in [5, 5.41) is 5.64. The maximum Gasteiger partial charge on any atom is 0.233 e. The van der Waals surface area contributed by atoms with Gasteiger partial charge in [-0.1, -0.05) is 37.9 Å². The third-order valence-corrected chi connectivity index (χ3v) is 4.34. The van der Waals surface area contributed by atoms with Crippen molar-refractivity contribution in [3.05, 3.63) is 0 Å². The highest BCUT2D eigenvalue weighted by molar-refractivity contribution is 7.80. The molecular weight excluding hydrogens is 286 g/mol. The Morgan fingerprint density at radius 1 is 1.19 bits per heavy atom. The molecule has 5 nitrogen and oxygen atoms in total. The van der Waals surface area contributed by atoms with Crippen LogP contribution in [-0.4, -0.2) is 29.4 Å². The molecule has 0 spiro atoms. The Bertz CT molecular complexity index is 388. The Morgan fingerprint density at radius 2 is 1.76 bits per heavy atom. The van der Waals surface area contributed by atoms with E-state index in [1.54, 1.807) is 0 Å². The topological polar surface area (TPSA) is 84.2 Å². The Kier molecular flexibility index (Phi) is 7.08. The SMILES string of the molecule is CC(C)NC(=O)CCNC(=O)C1(C(N)=S)CCCCCC1. The Balaban J connectivity index is 2.54. The first-order valence-corrected chi connectivity index (χ1v) is 8.17. The van der Waals surface area contributed by atoms with E-state index in [9.17, 15) is 9.59 Å². The summed E-state index contributed by atoms with van der Waals surface area (Å²) >= 11 is 5.16.